The minimum atomic E-state index is -3.88. The summed E-state index contributed by atoms with van der Waals surface area (Å²) in [6, 6.07) is 8.62. The molecular formula is C20H23N5O6S2. The summed E-state index contributed by atoms with van der Waals surface area (Å²) >= 11 is 1.15. The number of aromatic nitrogens is 2. The molecule has 0 aliphatic carbocycles. The Morgan fingerprint density at radius 2 is 2.06 bits per heavy atom. The highest BCUT2D eigenvalue weighted by Crippen LogP contribution is 2.30. The topological polar surface area (TPSA) is 159 Å². The van der Waals surface area contributed by atoms with Crippen LogP contribution in [0.3, 0.4) is 0 Å². The lowest BCUT2D eigenvalue weighted by Crippen LogP contribution is -2.15. The van der Waals surface area contributed by atoms with E-state index in [-0.39, 0.29) is 22.0 Å². The van der Waals surface area contributed by atoms with Crippen LogP contribution in [0.5, 0.6) is 5.75 Å². The number of nitrogens with two attached hydrogens (primary N) is 1. The summed E-state index contributed by atoms with van der Waals surface area (Å²) in [6.07, 6.45) is 1.79. The van der Waals surface area contributed by atoms with Crippen LogP contribution in [0.15, 0.2) is 46.5 Å². The molecule has 0 atom stereocenters. The van der Waals surface area contributed by atoms with Crippen molar-refractivity contribution in [1.29, 1.82) is 0 Å². The number of ether oxygens (including phenoxy) is 1. The molecule has 33 heavy (non-hydrogen) atoms. The average molecular weight is 494 g/mol. The Bertz CT molecular complexity index is 1310. The van der Waals surface area contributed by atoms with Crippen LogP contribution in [0, 0.1) is 10.1 Å². The number of sulfonamides is 1. The van der Waals surface area contributed by atoms with E-state index in [4.69, 9.17) is 9.88 Å². The minimum absolute atomic E-state index is 0.0451. The molecule has 0 bridgehead atoms. The number of hydrogen-bond acceptors (Lipinski definition) is 8. The Hall–Kier alpha value is -3.16. The Balaban J connectivity index is 1.82. The number of nitrogens with zero attached hydrogens (tertiary/aromatic N) is 3. The molecule has 0 radical (unpaired) electrons. The molecule has 0 saturated carbocycles. The standard InChI is InChI=1S/C20H23N5O6S2/c1-3-4-9-24-17-8-6-14(33(21,29)30)11-16(17)23-20(24)32-12-19(26)22-15-7-5-13(31-2)10-18(15)25(27)28/h5-8,10-11H,3-4,9,12H2,1-2H3,(H,22,26)(H2,21,29,30). The van der Waals surface area contributed by atoms with Gasteiger partial charge in [0.2, 0.25) is 15.9 Å². The van der Waals surface area contributed by atoms with Gasteiger partial charge in [0, 0.05) is 6.54 Å². The van der Waals surface area contributed by atoms with Gasteiger partial charge in [-0.15, -0.1) is 0 Å². The number of primary sulfonamides is 1. The van der Waals surface area contributed by atoms with Crippen molar-refractivity contribution in [3.63, 3.8) is 0 Å². The Morgan fingerprint density at radius 1 is 1.30 bits per heavy atom. The van der Waals surface area contributed by atoms with Crippen molar-refractivity contribution in [3.8, 4) is 5.75 Å². The molecule has 11 nitrogen and oxygen atoms in total. The SMILES string of the molecule is CCCCn1c(SCC(=O)Nc2ccc(OC)cc2[N+](=O)[O-])nc2cc(S(N)(=O)=O)ccc21. The maximum Gasteiger partial charge on any atom is 0.296 e. The van der Waals surface area contributed by atoms with Gasteiger partial charge in [-0.2, -0.15) is 0 Å². The van der Waals surface area contributed by atoms with Crippen LogP contribution in [0.1, 0.15) is 19.8 Å². The van der Waals surface area contributed by atoms with Gasteiger partial charge in [-0.25, -0.2) is 18.5 Å². The quantitative estimate of drug-likeness (QED) is 0.247. The molecule has 0 aliphatic heterocycles. The third-order valence-corrected chi connectivity index (χ3v) is 6.64. The van der Waals surface area contributed by atoms with E-state index in [1.54, 1.807) is 6.07 Å². The van der Waals surface area contributed by atoms with Crippen molar-refractivity contribution in [3.05, 3.63) is 46.5 Å². The van der Waals surface area contributed by atoms with Crippen LogP contribution in [0.25, 0.3) is 11.0 Å². The number of methoxy groups -OCH3 is 1. The molecule has 3 rings (SSSR count). The van der Waals surface area contributed by atoms with Gasteiger partial charge in [0.1, 0.15) is 11.4 Å². The van der Waals surface area contributed by atoms with E-state index in [0.29, 0.717) is 23.0 Å². The van der Waals surface area contributed by atoms with E-state index in [1.165, 1.54) is 37.4 Å². The van der Waals surface area contributed by atoms with Gasteiger partial charge in [-0.05, 0) is 36.8 Å². The van der Waals surface area contributed by atoms with Gasteiger partial charge in [-0.3, -0.25) is 14.9 Å². The number of amides is 1. The van der Waals surface area contributed by atoms with Crippen LogP contribution in [-0.4, -0.2) is 41.7 Å². The summed E-state index contributed by atoms with van der Waals surface area (Å²) in [6.45, 7) is 2.68. The Morgan fingerprint density at radius 3 is 2.70 bits per heavy atom. The smallest absolute Gasteiger partial charge is 0.296 e. The summed E-state index contributed by atoms with van der Waals surface area (Å²) in [7, 11) is -2.48. The zero-order valence-electron chi connectivity index (χ0n) is 18.0. The van der Waals surface area contributed by atoms with Gasteiger partial charge in [0.25, 0.3) is 5.69 Å². The van der Waals surface area contributed by atoms with Crippen molar-refractivity contribution in [2.75, 3.05) is 18.2 Å². The van der Waals surface area contributed by atoms with Gasteiger partial charge in [-0.1, -0.05) is 25.1 Å². The highest BCUT2D eigenvalue weighted by Gasteiger charge is 2.19. The molecule has 1 aromatic heterocycles. The zero-order chi connectivity index (χ0) is 24.2. The highest BCUT2D eigenvalue weighted by atomic mass is 32.2. The van der Waals surface area contributed by atoms with Gasteiger partial charge < -0.3 is 14.6 Å². The number of aryl methyl sites for hydroxylation is 1. The van der Waals surface area contributed by atoms with E-state index in [1.807, 2.05) is 11.5 Å². The lowest BCUT2D eigenvalue weighted by molar-refractivity contribution is -0.384. The van der Waals surface area contributed by atoms with Crippen molar-refractivity contribution in [2.45, 2.75) is 36.4 Å². The molecule has 0 saturated heterocycles. The maximum absolute atomic E-state index is 12.5. The molecule has 0 spiro atoms. The fraction of sp³-hybridized carbons (Fsp3) is 0.300. The Kier molecular flexibility index (Phi) is 7.56. The number of rotatable bonds is 10. The first-order valence-electron chi connectivity index (χ1n) is 9.92. The van der Waals surface area contributed by atoms with Gasteiger partial charge >= 0.3 is 0 Å². The van der Waals surface area contributed by atoms with Crippen molar-refractivity contribution >= 4 is 50.1 Å². The van der Waals surface area contributed by atoms with E-state index in [2.05, 4.69) is 10.3 Å². The third-order valence-electron chi connectivity index (χ3n) is 4.76. The average Bonchev–Trinajstić information content (AvgIpc) is 3.12. The maximum atomic E-state index is 12.5. The number of anilines is 1. The van der Waals surface area contributed by atoms with Crippen LogP contribution in [-0.2, 0) is 21.4 Å². The molecule has 3 aromatic rings. The zero-order valence-corrected chi connectivity index (χ0v) is 19.6. The molecule has 176 valence electrons. The highest BCUT2D eigenvalue weighted by molar-refractivity contribution is 7.99. The predicted octanol–water partition coefficient (Wildman–Crippen LogP) is 3.13. The lowest BCUT2D eigenvalue weighted by atomic mass is 10.2. The molecular weight excluding hydrogens is 470 g/mol. The molecule has 2 aromatic carbocycles. The second-order valence-electron chi connectivity index (χ2n) is 7.07. The molecule has 1 amide bonds. The van der Waals surface area contributed by atoms with E-state index >= 15 is 0 Å². The third kappa shape index (κ3) is 5.80. The number of unbranched alkanes of at least 4 members (excludes halogenated alkanes) is 1. The molecule has 13 heteroatoms. The number of benzene rings is 2. The monoisotopic (exact) mass is 493 g/mol. The second-order valence-corrected chi connectivity index (χ2v) is 9.58. The van der Waals surface area contributed by atoms with Crippen molar-refractivity contribution in [1.82, 2.24) is 9.55 Å². The van der Waals surface area contributed by atoms with E-state index in [9.17, 15) is 23.3 Å². The van der Waals surface area contributed by atoms with Crippen molar-refractivity contribution < 1.29 is 22.9 Å². The van der Waals surface area contributed by atoms with E-state index < -0.39 is 20.9 Å². The number of imidazole rings is 1. The van der Waals surface area contributed by atoms with Crippen LogP contribution < -0.4 is 15.2 Å². The number of thioether (sulfide) groups is 1. The van der Waals surface area contributed by atoms with E-state index in [0.717, 1.165) is 30.1 Å². The van der Waals surface area contributed by atoms with Crippen LogP contribution >= 0.6 is 11.8 Å². The molecule has 3 N–H and O–H groups in total. The predicted molar refractivity (Wildman–Crippen MR) is 125 cm³/mol. The summed E-state index contributed by atoms with van der Waals surface area (Å²) in [5.74, 6) is -0.203. The first-order valence-corrected chi connectivity index (χ1v) is 12.5. The number of hydrogen-bond donors (Lipinski definition) is 2. The second kappa shape index (κ2) is 10.2. The number of nitro groups is 1. The molecule has 1 heterocycles. The normalized spacial score (nSPS) is 11.5. The molecule has 0 aliphatic rings. The lowest BCUT2D eigenvalue weighted by Gasteiger charge is -2.09. The summed E-state index contributed by atoms with van der Waals surface area (Å²) < 4.78 is 30.3. The van der Waals surface area contributed by atoms with Gasteiger partial charge in [0.15, 0.2) is 5.16 Å². The van der Waals surface area contributed by atoms with Crippen molar-refractivity contribution in [2.24, 2.45) is 5.14 Å². The minimum Gasteiger partial charge on any atom is -0.496 e. The number of nitro benzene ring substituents is 1. The first-order chi connectivity index (χ1) is 15.6. The number of nitrogens with one attached hydrogen (secondary N) is 1. The largest absolute Gasteiger partial charge is 0.496 e. The Labute approximate surface area is 194 Å². The molecule has 0 fully saturated rings. The number of fused-ring (bicyclic) bond motifs is 1. The fourth-order valence-electron chi connectivity index (χ4n) is 3.12. The van der Waals surface area contributed by atoms with Gasteiger partial charge in [0.05, 0.1) is 39.8 Å². The summed E-state index contributed by atoms with van der Waals surface area (Å²) in [5.41, 5.74) is 0.956. The molecule has 0 unspecified atom stereocenters. The first kappa shape index (κ1) is 24.5. The fourth-order valence-corrected chi connectivity index (χ4v) is 4.49. The summed E-state index contributed by atoms with van der Waals surface area (Å²) in [5, 5.41) is 19.6. The van der Waals surface area contributed by atoms with Crippen LogP contribution in [0.4, 0.5) is 11.4 Å². The van der Waals surface area contributed by atoms with Crippen LogP contribution in [0.2, 0.25) is 0 Å². The summed E-state index contributed by atoms with van der Waals surface area (Å²) in [4.78, 5) is 27.7. The number of carbonyl (C=O) groups excluding carboxylic acids is 1. The number of carbonyl (C=O) groups is 1.